The lowest BCUT2D eigenvalue weighted by atomic mass is 9.85. The number of rotatable bonds is 79. The van der Waals surface area contributed by atoms with E-state index in [0.29, 0.717) is 108 Å². The number of hydrogen-bond donors (Lipinski definition) is 14. The molecule has 0 bridgehead atoms. The second-order valence-corrected chi connectivity index (χ2v) is 34.9. The maximum absolute atomic E-state index is 14.1. The lowest BCUT2D eigenvalue weighted by Crippen LogP contribution is -2.64. The van der Waals surface area contributed by atoms with Crippen LogP contribution in [0.3, 0.4) is 0 Å². The van der Waals surface area contributed by atoms with Gasteiger partial charge in [0.05, 0.1) is 242 Å². The normalized spacial score (nSPS) is 23.0. The van der Waals surface area contributed by atoms with Gasteiger partial charge in [0.25, 0.3) is 17.6 Å². The summed E-state index contributed by atoms with van der Waals surface area (Å²) in [5.74, 6) is -5.26. The summed E-state index contributed by atoms with van der Waals surface area (Å²) in [5, 5.41) is 97.1. The number of carbonyl (C=O) groups excluding carboxylic acids is 10. The number of fused-ring (bicyclic) bond motifs is 1. The summed E-state index contributed by atoms with van der Waals surface area (Å²) in [6.45, 7) is 12.0. The number of nitrogens with zero attached hydrogens (tertiary/aromatic N) is 3. The fourth-order valence-corrected chi connectivity index (χ4v) is 15.6. The molecule has 17 atom stereocenters. The number of nitrogens with one attached hydrogen (secondary N) is 6. The third-order valence-corrected chi connectivity index (χ3v) is 23.6. The second kappa shape index (κ2) is 71.5. The van der Waals surface area contributed by atoms with E-state index in [1.165, 1.54) is 11.8 Å². The van der Waals surface area contributed by atoms with Crippen molar-refractivity contribution in [1.82, 2.24) is 46.7 Å². The highest BCUT2D eigenvalue weighted by molar-refractivity contribution is 6.54. The Balaban J connectivity index is 0.784. The quantitative estimate of drug-likeness (QED) is 0.0222. The highest BCUT2D eigenvalue weighted by Gasteiger charge is 2.47. The van der Waals surface area contributed by atoms with Crippen LogP contribution in [0, 0.1) is 17.3 Å². The minimum absolute atomic E-state index is 0.0430. The number of aromatic nitrogens is 1. The average Bonchev–Trinajstić information content (AvgIpc) is 1.63. The Morgan fingerprint density at radius 2 is 0.854 bits per heavy atom. The van der Waals surface area contributed by atoms with E-state index in [-0.39, 0.29) is 247 Å². The van der Waals surface area contributed by atoms with Gasteiger partial charge in [-0.25, -0.2) is 0 Å². The van der Waals surface area contributed by atoms with E-state index in [2.05, 4.69) is 36.9 Å². The highest BCUT2D eigenvalue weighted by atomic mass is 16.7. The van der Waals surface area contributed by atoms with Crippen molar-refractivity contribution in [3.8, 4) is 5.75 Å². The summed E-state index contributed by atoms with van der Waals surface area (Å²) in [4.78, 5) is 139. The molecule has 0 radical (unpaired) electrons. The molecule has 48 heteroatoms. The van der Waals surface area contributed by atoms with Gasteiger partial charge in [-0.2, -0.15) is 0 Å². The zero-order chi connectivity index (χ0) is 104. The molecule has 144 heavy (non-hydrogen) atoms. The van der Waals surface area contributed by atoms with Crippen molar-refractivity contribution in [2.75, 3.05) is 277 Å². The van der Waals surface area contributed by atoms with Crippen molar-refractivity contribution in [2.24, 2.45) is 17.3 Å². The summed E-state index contributed by atoms with van der Waals surface area (Å²) in [6, 6.07) is 9.09. The van der Waals surface area contributed by atoms with Crippen LogP contribution in [0.1, 0.15) is 108 Å². The fraction of sp³-hybridized carbons (Fsp3) is 0.760. The molecule has 1 aliphatic carbocycles. The molecule has 5 aliphatic rings. The Morgan fingerprint density at radius 1 is 0.444 bits per heavy atom. The second-order valence-electron chi connectivity index (χ2n) is 34.9. The van der Waals surface area contributed by atoms with Crippen LogP contribution in [0.2, 0.25) is 0 Å². The largest absolute Gasteiger partial charge is 0.490 e. The summed E-state index contributed by atoms with van der Waals surface area (Å²) in [5.41, 5.74) is 0.555. The van der Waals surface area contributed by atoms with Gasteiger partial charge in [0.1, 0.15) is 55.0 Å². The summed E-state index contributed by atoms with van der Waals surface area (Å²) >= 11 is 0. The minimum Gasteiger partial charge on any atom is -0.490 e. The van der Waals surface area contributed by atoms with E-state index >= 15 is 0 Å². The molecule has 5 heterocycles. The van der Waals surface area contributed by atoms with Crippen molar-refractivity contribution < 1.29 is 188 Å². The van der Waals surface area contributed by atoms with Crippen LogP contribution < -0.4 is 36.6 Å². The number of Topliss-reactive ketones (excluding diaryl/α,β-unsaturated/α-hetero) is 2. The molecule has 7 rings (SSSR count). The third kappa shape index (κ3) is 45.9. The van der Waals surface area contributed by atoms with E-state index in [1.54, 1.807) is 61.4 Å². The molecular weight excluding hydrogens is 1900 g/mol. The van der Waals surface area contributed by atoms with E-state index < -0.39 is 170 Å². The van der Waals surface area contributed by atoms with Crippen LogP contribution in [0.15, 0.2) is 48.7 Å². The predicted molar refractivity (Wildman–Crippen MR) is 506 cm³/mol. The molecule has 0 saturated carbocycles. The maximum Gasteiger partial charge on any atom is 0.295 e. The maximum atomic E-state index is 14.1. The first kappa shape index (κ1) is 123. The molecule has 14 N–H and O–H groups in total. The van der Waals surface area contributed by atoms with E-state index in [4.69, 9.17) is 99.5 Å². The Morgan fingerprint density at radius 3 is 1.32 bits per heavy atom. The van der Waals surface area contributed by atoms with Crippen LogP contribution in [0.25, 0.3) is 5.57 Å². The number of ether oxygens (including phenoxy) is 21. The molecule has 1 aromatic carbocycles. The van der Waals surface area contributed by atoms with Gasteiger partial charge in [-0.3, -0.25) is 52.9 Å². The molecule has 48 nitrogen and oxygen atoms in total. The van der Waals surface area contributed by atoms with Crippen molar-refractivity contribution >= 4 is 64.4 Å². The van der Waals surface area contributed by atoms with Crippen molar-refractivity contribution in [3.05, 3.63) is 65.5 Å². The standard InChI is InChI=1S/C96H155N9O39/c1-6-73-87(118)84(115)66(3)93(142-73)139-54-50-132-40-36-125-32-23-99-79(112)18-29-135-62-96(63-136-30-19-80(113)100-24-33-126-37-41-133-51-55-140-94-67(4)85(116)88(119)75(60-106)143-94,64-137-31-20-81(114)101-25-34-127-38-42-134-52-56-141-95-83(103-68(5)108)90(121)89(120)76(61-107)144-95)57-70(109)58-102-78(111)16-15-77(110)98-21-10-28-124-35-39-128-43-44-129-45-46-130-47-48-131-49-53-138-74-17-22-97-72-14-13-71(82(72)74)86(117)92(123)105-27-26-104(59-65(105)2)91(122)69-11-8-7-9-12-69/h7-9,11-13,17,22,65-67,73,75-76,83-85,87-90,93-95,106-107,115-116,118-121H,6,10,14-16,18-21,23-64H2,1-5H3,(H,98,110)(H,99,112)(H,100,113)(H,101,114)(H,102,111)(H,103,108)/t65-,66-,67-,73-,75-,76-,83-,84-,85-,87+,88+,89+,90-,93-,94?,95-,96?/m1/s1. The first-order chi connectivity index (χ1) is 69.7. The number of pyridine rings is 1. The number of benzene rings is 1. The van der Waals surface area contributed by atoms with E-state index in [9.17, 15) is 88.8 Å². The Labute approximate surface area is 839 Å². The van der Waals surface area contributed by atoms with Crippen LogP contribution in [-0.4, -0.2) is 477 Å². The Kier molecular flexibility index (Phi) is 61.0. The molecule has 4 aliphatic heterocycles. The molecule has 0 spiro atoms. The number of carbonyl (C=O) groups is 10. The van der Waals surface area contributed by atoms with Gasteiger partial charge < -0.3 is 182 Å². The first-order valence-corrected chi connectivity index (χ1v) is 49.5. The summed E-state index contributed by atoms with van der Waals surface area (Å²) in [6.07, 6.45) is -9.46. The minimum atomic E-state index is -1.48. The van der Waals surface area contributed by atoms with Crippen LogP contribution >= 0.6 is 0 Å². The number of ketones is 2. The van der Waals surface area contributed by atoms with Gasteiger partial charge in [0.15, 0.2) is 24.7 Å². The Hall–Kier alpha value is -8.11. The number of amides is 8. The zero-order valence-corrected chi connectivity index (χ0v) is 83.5. The van der Waals surface area contributed by atoms with Crippen molar-refractivity contribution in [2.45, 2.75) is 178 Å². The van der Waals surface area contributed by atoms with Crippen molar-refractivity contribution in [3.63, 3.8) is 0 Å². The van der Waals surface area contributed by atoms with Gasteiger partial charge in [-0.1, -0.05) is 45.0 Å². The van der Waals surface area contributed by atoms with Gasteiger partial charge in [0, 0.05) is 150 Å². The predicted octanol–water partition coefficient (Wildman–Crippen LogP) is -4.00. The SMILES string of the molecule is CC[C@H]1O[C@@H](OCCOCCOCCNC(=O)CCOCC(COCCC(=O)NCCOCCOCCOC2O[C@H](CO)[C@H](O)[C@H](O)[C@H]2C)(COCCC(=O)NCCOCCOCCO[C@@H]2O[C@H](CO)[C@H](O)[C@H](O)[C@H]2NC(C)=O)CC(=O)CNC(=O)CCC(=O)NCCCOCCOCCOCCOCCOCCOc2ccnc3c2C(C(=O)C(=O)N2CCN(C(=O)c4ccccc4)C[C@H]2C)=CC3)[C@H](C)[C@@H](O)[C@H]1O. The smallest absolute Gasteiger partial charge is 0.295 e. The topological polar surface area (TPSA) is 618 Å². The number of aliphatic hydroxyl groups excluding tert-OH is 8. The number of piperazine rings is 1. The van der Waals surface area contributed by atoms with E-state index in [1.807, 2.05) is 19.9 Å². The molecular formula is C96H155N9O39. The monoisotopic (exact) mass is 2060 g/mol. The van der Waals surface area contributed by atoms with Crippen molar-refractivity contribution in [1.29, 1.82) is 0 Å². The molecule has 8 amide bonds. The van der Waals surface area contributed by atoms with Gasteiger partial charge in [-0.15, -0.1) is 0 Å². The zero-order valence-electron chi connectivity index (χ0n) is 83.5. The highest BCUT2D eigenvalue weighted by Crippen LogP contribution is 2.36. The number of allylic oxidation sites excluding steroid dienone is 1. The first-order valence-electron chi connectivity index (χ1n) is 49.5. The molecule has 4 fully saturated rings. The van der Waals surface area contributed by atoms with Gasteiger partial charge in [-0.05, 0) is 38.0 Å². The van der Waals surface area contributed by atoms with E-state index in [0.717, 1.165) is 0 Å². The van der Waals surface area contributed by atoms with Crippen LogP contribution in [-0.2, 0) is 144 Å². The molecule has 818 valence electrons. The molecule has 2 aromatic rings. The molecule has 4 saturated heterocycles. The molecule has 2 unspecified atom stereocenters. The Bertz CT molecular complexity index is 3960. The lowest BCUT2D eigenvalue weighted by molar-refractivity contribution is -0.284. The summed E-state index contributed by atoms with van der Waals surface area (Å²) in [7, 11) is 0. The third-order valence-electron chi connectivity index (χ3n) is 23.6. The average molecular weight is 2060 g/mol. The van der Waals surface area contributed by atoms with Crippen LogP contribution in [0.5, 0.6) is 5.75 Å². The number of hydrogen-bond acceptors (Lipinski definition) is 40. The van der Waals surface area contributed by atoms with Gasteiger partial charge >= 0.3 is 0 Å². The fourth-order valence-electron chi connectivity index (χ4n) is 15.6. The van der Waals surface area contributed by atoms with Crippen LogP contribution in [0.4, 0.5) is 0 Å². The van der Waals surface area contributed by atoms with Gasteiger partial charge in [0.2, 0.25) is 35.4 Å². The lowest BCUT2D eigenvalue weighted by Gasteiger charge is -2.42. The number of aliphatic hydroxyl groups is 8. The summed E-state index contributed by atoms with van der Waals surface area (Å²) < 4.78 is 120. The molecule has 1 aromatic heterocycles.